The summed E-state index contributed by atoms with van der Waals surface area (Å²) in [5.74, 6) is 0.299. The summed E-state index contributed by atoms with van der Waals surface area (Å²) in [7, 11) is 0. The Morgan fingerprint density at radius 3 is 2.52 bits per heavy atom. The number of benzene rings is 1. The molecular weight excluding hydrogens is 338 g/mol. The number of amides is 3. The first kappa shape index (κ1) is 18.3. The van der Waals surface area contributed by atoms with Crippen molar-refractivity contribution in [1.82, 2.24) is 15.5 Å². The number of nitrogens with zero attached hydrogens (tertiary/aromatic N) is 1. The number of likely N-dealkylation sites (tertiary alicyclic amines) is 1. The standard InChI is InChI=1S/C22H31N3O2/c1-15(16-8-4-2-5-9-16)23-21(26)20-17-12-13-19(14-17)25(20)22(27)24-18-10-6-3-7-11-18/h2,4-5,8-9,15,17-20H,3,6-7,10-14H2,1H3,(H,23,26)(H,24,27)/t15-,17-,19-,20-/m0/s1. The number of rotatable bonds is 4. The number of carbonyl (C=O) groups is 2. The van der Waals surface area contributed by atoms with Gasteiger partial charge < -0.3 is 15.5 Å². The molecule has 2 saturated carbocycles. The molecule has 0 spiro atoms. The zero-order chi connectivity index (χ0) is 18.8. The third kappa shape index (κ3) is 3.83. The van der Waals surface area contributed by atoms with Crippen LogP contribution in [0.2, 0.25) is 0 Å². The van der Waals surface area contributed by atoms with Gasteiger partial charge in [0.25, 0.3) is 0 Å². The van der Waals surface area contributed by atoms with E-state index in [1.807, 2.05) is 42.2 Å². The van der Waals surface area contributed by atoms with E-state index in [9.17, 15) is 9.59 Å². The summed E-state index contributed by atoms with van der Waals surface area (Å²) in [6, 6.07) is 10.1. The fourth-order valence-electron chi connectivity index (χ4n) is 5.24. The first-order chi connectivity index (χ1) is 13.1. The topological polar surface area (TPSA) is 61.4 Å². The second-order valence-corrected chi connectivity index (χ2v) is 8.50. The Bertz CT molecular complexity index is 671. The normalized spacial score (nSPS) is 28.8. The molecule has 4 atom stereocenters. The molecule has 0 aromatic heterocycles. The summed E-state index contributed by atoms with van der Waals surface area (Å²) in [4.78, 5) is 28.0. The highest BCUT2D eigenvalue weighted by molar-refractivity contribution is 5.89. The fraction of sp³-hybridized carbons (Fsp3) is 0.636. The average Bonchev–Trinajstić information content (AvgIpc) is 3.31. The van der Waals surface area contributed by atoms with Crippen molar-refractivity contribution in [1.29, 1.82) is 0 Å². The molecule has 0 radical (unpaired) electrons. The van der Waals surface area contributed by atoms with Crippen molar-refractivity contribution in [2.45, 2.75) is 82.5 Å². The van der Waals surface area contributed by atoms with Gasteiger partial charge in [-0.1, -0.05) is 49.6 Å². The fourth-order valence-corrected chi connectivity index (χ4v) is 5.24. The lowest BCUT2D eigenvalue weighted by molar-refractivity contribution is -0.127. The SMILES string of the molecule is C[C@H](NC(=O)[C@@H]1[C@H]2CC[C@@H](C2)N1C(=O)NC1CCCCC1)c1ccccc1. The van der Waals surface area contributed by atoms with Gasteiger partial charge in [0.15, 0.2) is 0 Å². The average molecular weight is 370 g/mol. The van der Waals surface area contributed by atoms with Crippen LogP contribution in [0, 0.1) is 5.92 Å². The van der Waals surface area contributed by atoms with Crippen LogP contribution < -0.4 is 10.6 Å². The molecule has 0 unspecified atom stereocenters. The van der Waals surface area contributed by atoms with E-state index in [4.69, 9.17) is 0 Å². The van der Waals surface area contributed by atoms with Crippen LogP contribution in [0.1, 0.15) is 69.9 Å². The Balaban J connectivity index is 1.43. The van der Waals surface area contributed by atoms with Gasteiger partial charge in [-0.05, 0) is 50.5 Å². The predicted molar refractivity (Wildman–Crippen MR) is 105 cm³/mol. The Kier molecular flexibility index (Phi) is 5.37. The molecular formula is C22H31N3O2. The molecule has 2 aliphatic carbocycles. The lowest BCUT2D eigenvalue weighted by atomic mass is 9.95. The van der Waals surface area contributed by atoms with Gasteiger partial charge in [0.1, 0.15) is 6.04 Å². The van der Waals surface area contributed by atoms with Crippen LogP contribution in [0.15, 0.2) is 30.3 Å². The van der Waals surface area contributed by atoms with Crippen LogP contribution >= 0.6 is 0 Å². The van der Waals surface area contributed by atoms with E-state index in [1.54, 1.807) is 0 Å². The van der Waals surface area contributed by atoms with Crippen LogP contribution in [0.3, 0.4) is 0 Å². The van der Waals surface area contributed by atoms with E-state index in [2.05, 4.69) is 10.6 Å². The number of piperidine rings is 1. The second kappa shape index (κ2) is 7.91. The van der Waals surface area contributed by atoms with Gasteiger partial charge in [-0.25, -0.2) is 4.79 Å². The summed E-state index contributed by atoms with van der Waals surface area (Å²) in [5, 5.41) is 6.37. The zero-order valence-electron chi connectivity index (χ0n) is 16.2. The molecule has 5 heteroatoms. The third-order valence-corrected chi connectivity index (χ3v) is 6.68. The van der Waals surface area contributed by atoms with E-state index in [0.29, 0.717) is 5.92 Å². The van der Waals surface area contributed by atoms with Gasteiger partial charge in [0.2, 0.25) is 5.91 Å². The van der Waals surface area contributed by atoms with Gasteiger partial charge >= 0.3 is 6.03 Å². The van der Waals surface area contributed by atoms with Gasteiger partial charge in [0, 0.05) is 12.1 Å². The number of fused-ring (bicyclic) bond motifs is 2. The third-order valence-electron chi connectivity index (χ3n) is 6.68. The number of nitrogens with one attached hydrogen (secondary N) is 2. The molecule has 1 aromatic rings. The van der Waals surface area contributed by atoms with Gasteiger partial charge in [-0.3, -0.25) is 4.79 Å². The minimum absolute atomic E-state index is 0.00246. The largest absolute Gasteiger partial charge is 0.348 e. The van der Waals surface area contributed by atoms with Crippen molar-refractivity contribution in [2.75, 3.05) is 0 Å². The number of hydrogen-bond donors (Lipinski definition) is 2. The highest BCUT2D eigenvalue weighted by atomic mass is 16.2. The highest BCUT2D eigenvalue weighted by Crippen LogP contribution is 2.42. The maximum atomic E-state index is 13.1. The smallest absolute Gasteiger partial charge is 0.318 e. The van der Waals surface area contributed by atoms with Crippen molar-refractivity contribution in [3.63, 3.8) is 0 Å². The van der Waals surface area contributed by atoms with Crippen molar-refractivity contribution < 1.29 is 9.59 Å². The molecule has 1 heterocycles. The van der Waals surface area contributed by atoms with Gasteiger partial charge in [0.05, 0.1) is 6.04 Å². The lowest BCUT2D eigenvalue weighted by Crippen LogP contribution is -2.57. The van der Waals surface area contributed by atoms with Crippen LogP contribution in [-0.4, -0.2) is 35.0 Å². The molecule has 2 bridgehead atoms. The lowest BCUT2D eigenvalue weighted by Gasteiger charge is -2.36. The van der Waals surface area contributed by atoms with Crippen molar-refractivity contribution in [3.8, 4) is 0 Å². The maximum absolute atomic E-state index is 13.1. The van der Waals surface area contributed by atoms with Crippen LogP contribution in [0.25, 0.3) is 0 Å². The molecule has 1 aromatic carbocycles. The molecule has 27 heavy (non-hydrogen) atoms. The summed E-state index contributed by atoms with van der Waals surface area (Å²) in [5.41, 5.74) is 1.09. The molecule has 1 saturated heterocycles. The van der Waals surface area contributed by atoms with Crippen molar-refractivity contribution >= 4 is 11.9 Å². The van der Waals surface area contributed by atoms with Crippen LogP contribution in [0.4, 0.5) is 4.79 Å². The molecule has 5 nitrogen and oxygen atoms in total. The Morgan fingerprint density at radius 1 is 1.04 bits per heavy atom. The summed E-state index contributed by atoms with van der Waals surface area (Å²) in [6.45, 7) is 2.01. The predicted octanol–water partition coefficient (Wildman–Crippen LogP) is 3.76. The molecule has 3 amide bonds. The number of urea groups is 1. The molecule has 4 rings (SSSR count). The number of carbonyl (C=O) groups excluding carboxylic acids is 2. The molecule has 146 valence electrons. The van der Waals surface area contributed by atoms with Crippen LogP contribution in [-0.2, 0) is 4.79 Å². The minimum Gasteiger partial charge on any atom is -0.348 e. The molecule has 3 fully saturated rings. The summed E-state index contributed by atoms with van der Waals surface area (Å²) in [6.07, 6.45) is 8.83. The molecule has 2 N–H and O–H groups in total. The van der Waals surface area contributed by atoms with Gasteiger partial charge in [-0.15, -0.1) is 0 Å². The maximum Gasteiger partial charge on any atom is 0.318 e. The Morgan fingerprint density at radius 2 is 1.78 bits per heavy atom. The van der Waals surface area contributed by atoms with Crippen molar-refractivity contribution in [3.05, 3.63) is 35.9 Å². The van der Waals surface area contributed by atoms with Crippen molar-refractivity contribution in [2.24, 2.45) is 5.92 Å². The number of hydrogen-bond acceptors (Lipinski definition) is 2. The van der Waals surface area contributed by atoms with E-state index < -0.39 is 0 Å². The quantitative estimate of drug-likeness (QED) is 0.849. The monoisotopic (exact) mass is 369 g/mol. The zero-order valence-corrected chi connectivity index (χ0v) is 16.2. The minimum atomic E-state index is -0.321. The van der Waals surface area contributed by atoms with Gasteiger partial charge in [-0.2, -0.15) is 0 Å². The molecule has 1 aliphatic heterocycles. The van der Waals surface area contributed by atoms with E-state index in [1.165, 1.54) is 19.3 Å². The molecule has 3 aliphatic rings. The first-order valence-corrected chi connectivity index (χ1v) is 10.6. The van der Waals surface area contributed by atoms with E-state index >= 15 is 0 Å². The summed E-state index contributed by atoms with van der Waals surface area (Å²) >= 11 is 0. The second-order valence-electron chi connectivity index (χ2n) is 8.50. The Labute approximate surface area is 161 Å². The van der Waals surface area contributed by atoms with E-state index in [-0.39, 0.29) is 36.1 Å². The first-order valence-electron chi connectivity index (χ1n) is 10.6. The Hall–Kier alpha value is -2.04. The van der Waals surface area contributed by atoms with Crippen LogP contribution in [0.5, 0.6) is 0 Å². The summed E-state index contributed by atoms with van der Waals surface area (Å²) < 4.78 is 0. The highest BCUT2D eigenvalue weighted by Gasteiger charge is 2.51. The van der Waals surface area contributed by atoms with E-state index in [0.717, 1.165) is 37.7 Å².